The fourth-order valence-corrected chi connectivity index (χ4v) is 2.10. The Morgan fingerprint density at radius 3 is 2.89 bits per heavy atom. The molecule has 0 aliphatic carbocycles. The SMILES string of the molecule is COC(=O)C1CCN(C(=O)Cc2ccco2)CC1=O. The molecular formula is C13H15NO5. The minimum atomic E-state index is -0.738. The van der Waals surface area contributed by atoms with Crippen molar-refractivity contribution in [2.24, 2.45) is 5.92 Å². The Bertz CT molecular complexity index is 479. The highest BCUT2D eigenvalue weighted by molar-refractivity contribution is 6.02. The van der Waals surface area contributed by atoms with Gasteiger partial charge in [0.1, 0.15) is 11.7 Å². The van der Waals surface area contributed by atoms with E-state index >= 15 is 0 Å². The van der Waals surface area contributed by atoms with E-state index in [0.29, 0.717) is 18.7 Å². The summed E-state index contributed by atoms with van der Waals surface area (Å²) in [7, 11) is 1.25. The van der Waals surface area contributed by atoms with E-state index in [1.807, 2.05) is 0 Å². The predicted molar refractivity (Wildman–Crippen MR) is 64.1 cm³/mol. The maximum atomic E-state index is 12.0. The lowest BCUT2D eigenvalue weighted by Crippen LogP contribution is -2.47. The summed E-state index contributed by atoms with van der Waals surface area (Å²) in [5.74, 6) is -1.15. The van der Waals surface area contributed by atoms with Crippen molar-refractivity contribution in [3.63, 3.8) is 0 Å². The van der Waals surface area contributed by atoms with Crippen molar-refractivity contribution in [2.45, 2.75) is 12.8 Å². The van der Waals surface area contributed by atoms with E-state index in [1.54, 1.807) is 12.1 Å². The molecule has 1 aromatic heterocycles. The molecule has 19 heavy (non-hydrogen) atoms. The normalized spacial score (nSPS) is 19.3. The van der Waals surface area contributed by atoms with Crippen molar-refractivity contribution in [1.82, 2.24) is 4.90 Å². The lowest BCUT2D eigenvalue weighted by atomic mass is 9.95. The van der Waals surface area contributed by atoms with Gasteiger partial charge in [0.15, 0.2) is 5.78 Å². The van der Waals surface area contributed by atoms with Crippen molar-refractivity contribution in [3.05, 3.63) is 24.2 Å². The number of carbonyl (C=O) groups excluding carboxylic acids is 3. The summed E-state index contributed by atoms with van der Waals surface area (Å²) < 4.78 is 9.65. The van der Waals surface area contributed by atoms with Crippen LogP contribution in [0.5, 0.6) is 0 Å². The molecule has 1 unspecified atom stereocenters. The van der Waals surface area contributed by atoms with Crippen molar-refractivity contribution in [3.8, 4) is 0 Å². The van der Waals surface area contributed by atoms with Crippen LogP contribution in [0.3, 0.4) is 0 Å². The topological polar surface area (TPSA) is 76.8 Å². The zero-order valence-electron chi connectivity index (χ0n) is 10.6. The molecule has 0 spiro atoms. The van der Waals surface area contributed by atoms with Gasteiger partial charge in [0.25, 0.3) is 0 Å². The minimum Gasteiger partial charge on any atom is -0.469 e. The van der Waals surface area contributed by atoms with E-state index < -0.39 is 11.9 Å². The van der Waals surface area contributed by atoms with Gasteiger partial charge in [-0.2, -0.15) is 0 Å². The van der Waals surface area contributed by atoms with E-state index in [0.717, 1.165) is 0 Å². The molecule has 1 aliphatic heterocycles. The van der Waals surface area contributed by atoms with Gasteiger partial charge in [0.2, 0.25) is 5.91 Å². The molecule has 1 atom stereocenters. The maximum Gasteiger partial charge on any atom is 0.316 e. The molecule has 1 aromatic rings. The van der Waals surface area contributed by atoms with E-state index in [9.17, 15) is 14.4 Å². The summed E-state index contributed by atoms with van der Waals surface area (Å²) in [4.78, 5) is 36.5. The zero-order valence-corrected chi connectivity index (χ0v) is 10.6. The van der Waals surface area contributed by atoms with E-state index in [-0.39, 0.29) is 24.7 Å². The Hall–Kier alpha value is -2.11. The molecular weight excluding hydrogens is 250 g/mol. The van der Waals surface area contributed by atoms with Gasteiger partial charge in [0.05, 0.1) is 26.3 Å². The van der Waals surface area contributed by atoms with E-state index in [2.05, 4.69) is 4.74 Å². The van der Waals surface area contributed by atoms with Gasteiger partial charge < -0.3 is 14.1 Å². The predicted octanol–water partition coefficient (Wildman–Crippen LogP) is 0.413. The lowest BCUT2D eigenvalue weighted by Gasteiger charge is -2.29. The Labute approximate surface area is 110 Å². The lowest BCUT2D eigenvalue weighted by molar-refractivity contribution is -0.154. The molecule has 0 saturated carbocycles. The van der Waals surface area contributed by atoms with Crippen molar-refractivity contribution >= 4 is 17.7 Å². The molecule has 0 aromatic carbocycles. The van der Waals surface area contributed by atoms with Gasteiger partial charge >= 0.3 is 5.97 Å². The fraction of sp³-hybridized carbons (Fsp3) is 0.462. The van der Waals surface area contributed by atoms with Crippen molar-refractivity contribution in [1.29, 1.82) is 0 Å². The van der Waals surface area contributed by atoms with Crippen molar-refractivity contribution < 1.29 is 23.5 Å². The van der Waals surface area contributed by atoms with Crippen LogP contribution >= 0.6 is 0 Å². The van der Waals surface area contributed by atoms with Gasteiger partial charge in [-0.25, -0.2) is 0 Å². The molecule has 102 valence electrons. The summed E-state index contributed by atoms with van der Waals surface area (Å²) in [6.45, 7) is 0.338. The van der Waals surface area contributed by atoms with Crippen LogP contribution in [0.2, 0.25) is 0 Å². The van der Waals surface area contributed by atoms with E-state index in [4.69, 9.17) is 4.42 Å². The van der Waals surface area contributed by atoms with Crippen LogP contribution < -0.4 is 0 Å². The van der Waals surface area contributed by atoms with Gasteiger partial charge in [-0.1, -0.05) is 0 Å². The Morgan fingerprint density at radius 2 is 2.32 bits per heavy atom. The summed E-state index contributed by atoms with van der Waals surface area (Å²) in [5, 5.41) is 0. The first-order valence-electron chi connectivity index (χ1n) is 6.02. The second-order valence-electron chi connectivity index (χ2n) is 4.40. The van der Waals surface area contributed by atoms with Crippen LogP contribution in [0.4, 0.5) is 0 Å². The van der Waals surface area contributed by atoms with E-state index in [1.165, 1.54) is 18.3 Å². The Kier molecular flexibility index (Phi) is 3.99. The quantitative estimate of drug-likeness (QED) is 0.584. The number of likely N-dealkylation sites (tertiary alicyclic amines) is 1. The Morgan fingerprint density at radius 1 is 1.53 bits per heavy atom. The molecule has 1 fully saturated rings. The standard InChI is InChI=1S/C13H15NO5/c1-18-13(17)10-4-5-14(8-11(10)15)12(16)7-9-3-2-6-19-9/h2-3,6,10H,4-5,7-8H2,1H3. The highest BCUT2D eigenvalue weighted by Gasteiger charge is 2.34. The second-order valence-corrected chi connectivity index (χ2v) is 4.40. The molecule has 1 saturated heterocycles. The molecule has 6 heteroatoms. The molecule has 2 heterocycles. The highest BCUT2D eigenvalue weighted by Crippen LogP contribution is 2.16. The van der Waals surface area contributed by atoms with Crippen LogP contribution in [-0.4, -0.2) is 42.8 Å². The van der Waals surface area contributed by atoms with Gasteiger partial charge in [-0.15, -0.1) is 0 Å². The molecule has 1 amide bonds. The third-order valence-electron chi connectivity index (χ3n) is 3.17. The molecule has 2 rings (SSSR count). The number of ether oxygens (including phenoxy) is 1. The average Bonchev–Trinajstić information content (AvgIpc) is 2.90. The number of methoxy groups -OCH3 is 1. The summed E-state index contributed by atoms with van der Waals surface area (Å²) in [5.41, 5.74) is 0. The number of ketones is 1. The third-order valence-corrected chi connectivity index (χ3v) is 3.17. The van der Waals surface area contributed by atoms with Crippen molar-refractivity contribution in [2.75, 3.05) is 20.2 Å². The van der Waals surface area contributed by atoms with Crippen LogP contribution in [0.1, 0.15) is 12.2 Å². The number of rotatable bonds is 3. The largest absolute Gasteiger partial charge is 0.469 e. The monoisotopic (exact) mass is 265 g/mol. The number of Topliss-reactive ketones (excluding diaryl/α,β-unsaturated/α-hetero) is 1. The van der Waals surface area contributed by atoms with Crippen LogP contribution in [-0.2, 0) is 25.5 Å². The number of furan rings is 1. The number of piperidine rings is 1. The summed E-state index contributed by atoms with van der Waals surface area (Å²) in [6, 6.07) is 3.41. The number of carbonyl (C=O) groups is 3. The third kappa shape index (κ3) is 3.01. The van der Waals surface area contributed by atoms with Crippen LogP contribution in [0, 0.1) is 5.92 Å². The zero-order chi connectivity index (χ0) is 13.8. The van der Waals surface area contributed by atoms with Gasteiger partial charge in [-0.3, -0.25) is 14.4 Å². The summed E-state index contributed by atoms with van der Waals surface area (Å²) in [6.07, 6.45) is 1.94. The Balaban J connectivity index is 1.92. The fourth-order valence-electron chi connectivity index (χ4n) is 2.10. The highest BCUT2D eigenvalue weighted by atomic mass is 16.5. The smallest absolute Gasteiger partial charge is 0.316 e. The number of esters is 1. The minimum absolute atomic E-state index is 0.0424. The first kappa shape index (κ1) is 13.3. The number of amides is 1. The first-order chi connectivity index (χ1) is 9.11. The number of hydrogen-bond donors (Lipinski definition) is 0. The molecule has 0 bridgehead atoms. The average molecular weight is 265 g/mol. The number of nitrogens with zero attached hydrogens (tertiary/aromatic N) is 1. The van der Waals surface area contributed by atoms with Gasteiger partial charge in [0, 0.05) is 6.54 Å². The molecule has 0 N–H and O–H groups in total. The second kappa shape index (κ2) is 5.69. The molecule has 1 aliphatic rings. The molecule has 0 radical (unpaired) electrons. The first-order valence-corrected chi connectivity index (χ1v) is 6.02. The van der Waals surface area contributed by atoms with Crippen LogP contribution in [0.15, 0.2) is 22.8 Å². The van der Waals surface area contributed by atoms with Crippen LogP contribution in [0.25, 0.3) is 0 Å². The van der Waals surface area contributed by atoms with Gasteiger partial charge in [-0.05, 0) is 18.6 Å². The molecule has 6 nitrogen and oxygen atoms in total. The summed E-state index contributed by atoms with van der Waals surface area (Å²) >= 11 is 0. The maximum absolute atomic E-state index is 12.0. The number of hydrogen-bond acceptors (Lipinski definition) is 5.